The molecule has 494 valence electrons. The van der Waals surface area contributed by atoms with E-state index in [1.165, 1.54) is 321 Å². The van der Waals surface area contributed by atoms with Crippen LogP contribution in [0.25, 0.3) is 0 Å². The number of hydrogen-bond donors (Lipinski definition) is 3. The monoisotopic (exact) mass is 1180 g/mol. The second-order valence-corrected chi connectivity index (χ2v) is 26.0. The Hall–Kier alpha value is -2.18. The highest BCUT2D eigenvalue weighted by Crippen LogP contribution is 2.19. The standard InChI is InChI=1S/C78H147NO5/c1-3-5-7-9-11-13-15-17-19-21-40-44-48-52-56-60-64-68-72-78(83)84-73-69-65-61-57-53-49-45-41-38-36-34-32-30-28-26-24-22-23-25-27-29-31-33-35-37-39-43-47-51-55-59-63-67-71-77(82)79-75(74-80)76(81)70-66-62-58-54-50-46-42-20-18-16-14-12-10-8-6-4-2/h13,15,19,21,26,28,32,34,75-76,80-81H,3-12,14,16-18,20,22-25,27,29-31,33,35-74H2,1-2H3,(H,79,82)/b15-13-,21-19-,28-26-,34-32-. The number of amides is 1. The van der Waals surface area contributed by atoms with E-state index < -0.39 is 12.1 Å². The summed E-state index contributed by atoms with van der Waals surface area (Å²) in [7, 11) is 0. The lowest BCUT2D eigenvalue weighted by Crippen LogP contribution is -2.45. The topological polar surface area (TPSA) is 95.9 Å². The van der Waals surface area contributed by atoms with Crippen LogP contribution in [0.4, 0.5) is 0 Å². The quantitative estimate of drug-likeness (QED) is 0.0320. The Balaban J connectivity index is 3.37. The molecule has 0 aliphatic carbocycles. The molecule has 1 amide bonds. The summed E-state index contributed by atoms with van der Waals surface area (Å²) in [4.78, 5) is 24.6. The van der Waals surface area contributed by atoms with Crippen molar-refractivity contribution in [3.05, 3.63) is 48.6 Å². The van der Waals surface area contributed by atoms with Crippen LogP contribution in [0.15, 0.2) is 48.6 Å². The van der Waals surface area contributed by atoms with Gasteiger partial charge in [-0.2, -0.15) is 0 Å². The first-order valence-corrected chi connectivity index (χ1v) is 37.9. The van der Waals surface area contributed by atoms with Crippen molar-refractivity contribution in [2.24, 2.45) is 0 Å². The first-order valence-electron chi connectivity index (χ1n) is 37.9. The highest BCUT2D eigenvalue weighted by atomic mass is 16.5. The van der Waals surface area contributed by atoms with Crippen molar-refractivity contribution in [1.82, 2.24) is 5.32 Å². The van der Waals surface area contributed by atoms with Crippen molar-refractivity contribution in [1.29, 1.82) is 0 Å². The Morgan fingerprint density at radius 3 is 0.917 bits per heavy atom. The maximum Gasteiger partial charge on any atom is 0.305 e. The van der Waals surface area contributed by atoms with E-state index in [-0.39, 0.29) is 18.5 Å². The third kappa shape index (κ3) is 68.9. The van der Waals surface area contributed by atoms with Crippen LogP contribution >= 0.6 is 0 Å². The molecule has 84 heavy (non-hydrogen) atoms. The highest BCUT2D eigenvalue weighted by molar-refractivity contribution is 5.76. The predicted octanol–water partition coefficient (Wildman–Crippen LogP) is 24.8. The zero-order chi connectivity index (χ0) is 60.6. The lowest BCUT2D eigenvalue weighted by atomic mass is 10.0. The molecule has 0 aromatic heterocycles. The molecular weight excluding hydrogens is 1030 g/mol. The fourth-order valence-electron chi connectivity index (χ4n) is 11.8. The van der Waals surface area contributed by atoms with Crippen molar-refractivity contribution in [2.45, 2.75) is 424 Å². The van der Waals surface area contributed by atoms with Crippen molar-refractivity contribution in [2.75, 3.05) is 13.2 Å². The van der Waals surface area contributed by atoms with Crippen LogP contribution in [0, 0.1) is 0 Å². The average Bonchev–Trinajstić information content (AvgIpc) is 3.50. The van der Waals surface area contributed by atoms with Crippen molar-refractivity contribution >= 4 is 11.9 Å². The van der Waals surface area contributed by atoms with Gasteiger partial charge in [-0.05, 0) is 89.9 Å². The van der Waals surface area contributed by atoms with E-state index in [4.69, 9.17) is 4.74 Å². The molecule has 0 rings (SSSR count). The molecule has 0 spiro atoms. The normalized spacial score (nSPS) is 12.8. The maximum atomic E-state index is 12.5. The van der Waals surface area contributed by atoms with E-state index in [2.05, 4.69) is 67.8 Å². The van der Waals surface area contributed by atoms with Crippen LogP contribution < -0.4 is 5.32 Å². The van der Waals surface area contributed by atoms with Crippen molar-refractivity contribution in [3.8, 4) is 0 Å². The number of ether oxygens (including phenoxy) is 1. The molecule has 0 saturated carbocycles. The van der Waals surface area contributed by atoms with E-state index in [1.54, 1.807) is 0 Å². The molecule has 0 aromatic rings. The summed E-state index contributed by atoms with van der Waals surface area (Å²) < 4.78 is 5.50. The van der Waals surface area contributed by atoms with E-state index in [0.29, 0.717) is 25.9 Å². The van der Waals surface area contributed by atoms with Gasteiger partial charge in [0.25, 0.3) is 0 Å². The minimum atomic E-state index is -0.664. The van der Waals surface area contributed by atoms with Gasteiger partial charge in [0.05, 0.1) is 25.4 Å². The number of rotatable bonds is 71. The van der Waals surface area contributed by atoms with Crippen LogP contribution in [-0.4, -0.2) is 47.4 Å². The van der Waals surface area contributed by atoms with Gasteiger partial charge >= 0.3 is 5.97 Å². The third-order valence-corrected chi connectivity index (χ3v) is 17.6. The van der Waals surface area contributed by atoms with Crippen molar-refractivity contribution < 1.29 is 24.5 Å². The second-order valence-electron chi connectivity index (χ2n) is 26.0. The van der Waals surface area contributed by atoms with Gasteiger partial charge in [-0.3, -0.25) is 9.59 Å². The summed E-state index contributed by atoms with van der Waals surface area (Å²) in [5, 5.41) is 23.4. The number of carbonyl (C=O) groups excluding carboxylic acids is 2. The molecule has 0 bridgehead atoms. The van der Waals surface area contributed by atoms with Crippen LogP contribution in [0.3, 0.4) is 0 Å². The largest absolute Gasteiger partial charge is 0.466 e. The fraction of sp³-hybridized carbons (Fsp3) is 0.872. The SMILES string of the molecule is CCCCCC/C=C\C/C=C\CCCCCCCCCC(=O)OCCCCCCCCCCC/C=C\C/C=C\CCCCCCCCCCCCCCCCCCCC(=O)NC(CO)C(O)CCCCCCCCCCCCCCCCCC. The minimum absolute atomic E-state index is 0.00717. The van der Waals surface area contributed by atoms with E-state index in [1.807, 2.05) is 0 Å². The van der Waals surface area contributed by atoms with Gasteiger partial charge in [-0.15, -0.1) is 0 Å². The van der Waals surface area contributed by atoms with Crippen LogP contribution in [0.1, 0.15) is 412 Å². The fourth-order valence-corrected chi connectivity index (χ4v) is 11.8. The number of nitrogens with one attached hydrogen (secondary N) is 1. The zero-order valence-corrected chi connectivity index (χ0v) is 56.6. The molecule has 0 heterocycles. The summed E-state index contributed by atoms with van der Waals surface area (Å²) in [5.74, 6) is -0.0230. The molecule has 0 fully saturated rings. The first-order chi connectivity index (χ1) is 41.5. The number of allylic oxidation sites excluding steroid dienone is 8. The second kappa shape index (κ2) is 73.3. The van der Waals surface area contributed by atoms with Gasteiger partial charge in [-0.25, -0.2) is 0 Å². The van der Waals surface area contributed by atoms with Gasteiger partial charge in [0.2, 0.25) is 5.91 Å². The minimum Gasteiger partial charge on any atom is -0.466 e. The van der Waals surface area contributed by atoms with Crippen LogP contribution in [0.2, 0.25) is 0 Å². The van der Waals surface area contributed by atoms with Crippen molar-refractivity contribution in [3.63, 3.8) is 0 Å². The lowest BCUT2D eigenvalue weighted by Gasteiger charge is -2.22. The zero-order valence-electron chi connectivity index (χ0n) is 56.6. The van der Waals surface area contributed by atoms with Gasteiger partial charge < -0.3 is 20.3 Å². The van der Waals surface area contributed by atoms with E-state index in [0.717, 1.165) is 57.8 Å². The number of carbonyl (C=O) groups is 2. The number of aliphatic hydroxyl groups excluding tert-OH is 2. The third-order valence-electron chi connectivity index (χ3n) is 17.6. The average molecular weight is 1180 g/mol. The smallest absolute Gasteiger partial charge is 0.305 e. The van der Waals surface area contributed by atoms with E-state index in [9.17, 15) is 19.8 Å². The van der Waals surface area contributed by atoms with Crippen LogP contribution in [-0.2, 0) is 14.3 Å². The molecular formula is C78H147NO5. The predicted molar refractivity (Wildman–Crippen MR) is 370 cm³/mol. The molecule has 2 atom stereocenters. The Labute approximate surface area is 525 Å². The first kappa shape index (κ1) is 81.8. The highest BCUT2D eigenvalue weighted by Gasteiger charge is 2.20. The van der Waals surface area contributed by atoms with Gasteiger partial charge in [0.15, 0.2) is 0 Å². The molecule has 0 radical (unpaired) electrons. The Morgan fingerprint density at radius 1 is 0.333 bits per heavy atom. The lowest BCUT2D eigenvalue weighted by molar-refractivity contribution is -0.143. The molecule has 0 aromatic carbocycles. The summed E-state index contributed by atoms with van der Waals surface area (Å²) >= 11 is 0. The molecule has 3 N–H and O–H groups in total. The van der Waals surface area contributed by atoms with Crippen LogP contribution in [0.5, 0.6) is 0 Å². The van der Waals surface area contributed by atoms with Gasteiger partial charge in [0.1, 0.15) is 0 Å². The summed E-state index contributed by atoms with van der Waals surface area (Å²) in [6.07, 6.45) is 96.1. The molecule has 0 saturated heterocycles. The summed E-state index contributed by atoms with van der Waals surface area (Å²) in [6, 6.07) is -0.541. The number of aliphatic hydroxyl groups is 2. The molecule has 6 heteroatoms. The summed E-state index contributed by atoms with van der Waals surface area (Å²) in [5.41, 5.74) is 0. The number of hydrogen-bond acceptors (Lipinski definition) is 5. The Bertz CT molecular complexity index is 1400. The number of esters is 1. The summed E-state index contributed by atoms with van der Waals surface area (Å²) in [6.45, 7) is 4.96. The Kier molecular flexibility index (Phi) is 71.4. The molecule has 6 nitrogen and oxygen atoms in total. The maximum absolute atomic E-state index is 12.5. The van der Waals surface area contributed by atoms with E-state index >= 15 is 0 Å². The molecule has 0 aliphatic heterocycles. The van der Waals surface area contributed by atoms with Gasteiger partial charge in [-0.1, -0.05) is 358 Å². The molecule has 2 unspecified atom stereocenters. The number of unbranched alkanes of at least 4 members (excludes halogenated alkanes) is 52. The Morgan fingerprint density at radius 2 is 0.595 bits per heavy atom. The molecule has 0 aliphatic rings. The van der Waals surface area contributed by atoms with Gasteiger partial charge in [0, 0.05) is 12.8 Å².